The maximum Gasteiger partial charge on any atom is 0.161 e. The third-order valence-corrected chi connectivity index (χ3v) is 22.1. The topological polar surface area (TPSA) is 160 Å². The fourth-order valence-electron chi connectivity index (χ4n) is 14.5. The summed E-state index contributed by atoms with van der Waals surface area (Å²) >= 11 is 0. The van der Waals surface area contributed by atoms with Crippen molar-refractivity contribution in [1.29, 1.82) is 0 Å². The van der Waals surface area contributed by atoms with Gasteiger partial charge in [0.25, 0.3) is 0 Å². The fourth-order valence-corrected chi connectivity index (χ4v) is 14.5. The monoisotopic (exact) mass is 1560 g/mol. The molecule has 7 heterocycles. The van der Waals surface area contributed by atoms with Crippen LogP contribution in [-0.4, -0.2) is 140 Å². The summed E-state index contributed by atoms with van der Waals surface area (Å²) in [6.07, 6.45) is -1.22. The summed E-state index contributed by atoms with van der Waals surface area (Å²) in [7, 11) is 0. The molecular weight excluding hydrogens is 1450 g/mol. The van der Waals surface area contributed by atoms with Crippen molar-refractivity contribution in [3.63, 3.8) is 0 Å². The first-order valence-corrected chi connectivity index (χ1v) is 31.8. The van der Waals surface area contributed by atoms with E-state index in [0.29, 0.717) is 17.8 Å². The van der Waals surface area contributed by atoms with Crippen LogP contribution >= 0.6 is 0 Å². The van der Waals surface area contributed by atoms with Crippen LogP contribution < -0.4 is 0 Å². The van der Waals surface area contributed by atoms with Crippen LogP contribution in [0.25, 0.3) is 0 Å². The van der Waals surface area contributed by atoms with Gasteiger partial charge in [-0.1, -0.05) is 145 Å². The van der Waals surface area contributed by atoms with E-state index in [4.69, 9.17) is 61.6 Å². The number of ether oxygens (including phenoxy) is 13. The maximum absolute atomic E-state index is 10.5. The average molecular weight is 1570 g/mol. The molecule has 7 fully saturated rings. The molecule has 17 heteroatoms. The van der Waals surface area contributed by atoms with Crippen LogP contribution in [0.3, 0.4) is 0 Å². The van der Waals surface area contributed by atoms with E-state index in [0.717, 1.165) is 38.5 Å². The van der Waals surface area contributed by atoms with E-state index in [-0.39, 0.29) is 245 Å². The van der Waals surface area contributed by atoms with Gasteiger partial charge in [-0.15, -0.1) is 0 Å². The van der Waals surface area contributed by atoms with Crippen LogP contribution in [0.5, 0.6) is 0 Å². The van der Waals surface area contributed by atoms with Crippen LogP contribution in [0, 0.1) is 177 Å². The van der Waals surface area contributed by atoms with Crippen LogP contribution in [0.4, 0.5) is 0 Å². The largest absolute Gasteiger partial charge is 0.394 e. The summed E-state index contributed by atoms with van der Waals surface area (Å²) in [5.41, 5.74) is 0. The number of aliphatic hydroxyl groups excluding tert-OH is 2. The van der Waals surface area contributed by atoms with Gasteiger partial charge in [-0.3, -0.25) is 0 Å². The van der Waals surface area contributed by atoms with E-state index >= 15 is 0 Å². The predicted molar refractivity (Wildman–Crippen MR) is 298 cm³/mol. The molecule has 15 nitrogen and oxygen atoms in total. The molecule has 462 valence electrons. The average Bonchev–Trinajstić information content (AvgIpc) is 3.48. The van der Waals surface area contributed by atoms with Gasteiger partial charge in [-0.25, -0.2) is 0 Å². The van der Waals surface area contributed by atoms with Gasteiger partial charge in [-0.05, 0) is 85.9 Å². The zero-order valence-electron chi connectivity index (χ0n) is 53.5. The fraction of sp³-hybridized carbons (Fsp3) is 1.00. The van der Waals surface area contributed by atoms with E-state index in [1.54, 1.807) is 0 Å². The number of aliphatic hydroxyl groups is 2. The van der Waals surface area contributed by atoms with E-state index in [2.05, 4.69) is 132 Å². The van der Waals surface area contributed by atoms with E-state index in [9.17, 15) is 10.2 Å². The molecule has 0 aliphatic carbocycles. The molecule has 18 unspecified atom stereocenters. The zero-order chi connectivity index (χ0) is 57.3. The summed E-state index contributed by atoms with van der Waals surface area (Å²) in [5, 5.41) is 20.7. The second kappa shape index (κ2) is 32.3. The number of hydrogen-bond acceptors (Lipinski definition) is 15. The first-order valence-electron chi connectivity index (χ1n) is 31.8. The van der Waals surface area contributed by atoms with Gasteiger partial charge in [0.1, 0.15) is 6.10 Å². The molecule has 7 aliphatic heterocycles. The van der Waals surface area contributed by atoms with E-state index in [1.165, 1.54) is 0 Å². The first-order chi connectivity index (χ1) is 37.0. The van der Waals surface area contributed by atoms with Gasteiger partial charge in [0.15, 0.2) is 44.0 Å². The van der Waals surface area contributed by atoms with Gasteiger partial charge >= 0.3 is 0 Å². The Balaban J connectivity index is 0.00000588. The molecule has 7 saturated heterocycles. The molecule has 0 saturated carbocycles. The summed E-state index contributed by atoms with van der Waals surface area (Å²) in [4.78, 5) is 0. The molecule has 35 atom stereocenters. The number of rotatable bonds is 19. The molecule has 0 aromatic heterocycles. The molecule has 0 aromatic rings. The van der Waals surface area contributed by atoms with Gasteiger partial charge in [0.05, 0.1) is 79.9 Å². The van der Waals surface area contributed by atoms with Crippen molar-refractivity contribution in [2.24, 2.45) is 88.8 Å². The number of hydrogen-bond donors (Lipinski definition) is 2. The van der Waals surface area contributed by atoms with Crippen LogP contribution in [0.1, 0.15) is 184 Å². The quantitative estimate of drug-likeness (QED) is 0.126. The minimum absolute atomic E-state index is 0. The second-order valence-electron chi connectivity index (χ2n) is 26.4. The van der Waals surface area contributed by atoms with Crippen molar-refractivity contribution < 1.29 is 160 Å². The Labute approximate surface area is 557 Å². The van der Waals surface area contributed by atoms with E-state index < -0.39 is 43.7 Å². The van der Waals surface area contributed by atoms with Gasteiger partial charge < -0.3 is 71.8 Å². The van der Waals surface area contributed by atoms with Crippen molar-refractivity contribution >= 4 is 0 Å². The molecule has 7 aliphatic rings. The van der Waals surface area contributed by atoms with Crippen LogP contribution in [-0.2, 0) is 61.6 Å². The van der Waals surface area contributed by atoms with Crippen molar-refractivity contribution in [1.82, 2.24) is 0 Å². The second-order valence-corrected chi connectivity index (χ2v) is 26.4. The predicted octanol–water partition coefficient (Wildman–Crippen LogP) is 11.4. The first kappa shape index (κ1) is 73.0. The third-order valence-electron chi connectivity index (χ3n) is 22.1. The molecule has 0 spiro atoms. The minimum atomic E-state index is -0.947. The molecule has 0 amide bonds. The molecule has 0 aromatic carbocycles. The minimum Gasteiger partial charge on any atom is -0.394 e. The van der Waals surface area contributed by atoms with Crippen LogP contribution in [0.2, 0.25) is 0 Å². The molecular formula is C63H114Ac2O15. The van der Waals surface area contributed by atoms with E-state index in [1.807, 2.05) is 13.8 Å². The zero-order valence-corrected chi connectivity index (χ0v) is 63.0. The molecule has 0 bridgehead atoms. The Morgan fingerprint density at radius 1 is 0.250 bits per heavy atom. The Hall–Kier alpha value is 2.28. The standard InChI is InChI=1S/C63H114O15.2Ac/c1-22-44-30(8)29(7)38(16)58(67-44)73-51-32(10)39(17)59(68-45(51)23-2)74-52-33(11)40(18)60(69-46(52)24-3)75-53-34(12)41(19)61(70-47(53)25-4)76-54-35(13)42(20)62(71-48(54)26-5)77-55-36(14)43(21)63(72-49(55)27-6)78-56-31(9)37(15)57(65)66-50(56)28-64;;/h29-65H,22-28H2,1-21H3;;/t29-,30+,31?,32+,33?,34?,35+,36+,37?,38?,39?,40?,41?,42?,43?,44?,45?,46?,47?,48?,49?,50?,51+,52-,53-,54+,55+,56-,57?,58-,59-,60+,61+,62-,63-;;/m0../s1. The van der Waals surface area contributed by atoms with Gasteiger partial charge in [0.2, 0.25) is 0 Å². The molecule has 2 radical (unpaired) electrons. The normalized spacial score (nSPS) is 52.2. The summed E-state index contributed by atoms with van der Waals surface area (Å²) in [5.74, 6) is 1.95. The summed E-state index contributed by atoms with van der Waals surface area (Å²) in [6.45, 7) is 46.1. The Morgan fingerprint density at radius 2 is 0.450 bits per heavy atom. The summed E-state index contributed by atoms with van der Waals surface area (Å²) in [6, 6.07) is 0. The Kier molecular flexibility index (Phi) is 29.5. The van der Waals surface area contributed by atoms with Crippen molar-refractivity contribution in [3.05, 3.63) is 0 Å². The van der Waals surface area contributed by atoms with Gasteiger partial charge in [0, 0.05) is 130 Å². The molecule has 7 rings (SSSR count). The molecule has 80 heavy (non-hydrogen) atoms. The Morgan fingerprint density at radius 3 is 0.675 bits per heavy atom. The Bertz CT molecular complexity index is 1800. The van der Waals surface area contributed by atoms with Gasteiger partial charge in [-0.2, -0.15) is 0 Å². The maximum atomic E-state index is 10.5. The third kappa shape index (κ3) is 15.5. The van der Waals surface area contributed by atoms with Crippen LogP contribution in [0.15, 0.2) is 0 Å². The summed E-state index contributed by atoms with van der Waals surface area (Å²) < 4.78 is 89.2. The van der Waals surface area contributed by atoms with Crippen molar-refractivity contribution in [2.75, 3.05) is 6.61 Å². The smallest absolute Gasteiger partial charge is 0.161 e. The molecule has 2 N–H and O–H groups in total. The van der Waals surface area contributed by atoms with Crippen molar-refractivity contribution in [2.45, 2.75) is 307 Å². The van der Waals surface area contributed by atoms with Crippen molar-refractivity contribution in [3.8, 4) is 0 Å². The SMILES string of the molecule is CCC1O[C@H](O[C@H]2C(CC)O[C@@H](O[C@H]3C(CC)O[C@@H](O[C@@H]4C(CO)OC(O)C(C)C4C)C(C)[C@H]3C)C(C)[C@H]2C)C(C)C(C)[C@@H]1O[C@H]1OC(CC)[C@@H](O[C@@H]2OC(CC)[C@H](O[C@@H]3OC(CC)[C@H](C)[C@H](C)C3C)[C@H](C)C2C)C(C)C1C.[Ac].[Ac].